The number of nitrogens with two attached hydrogens (primary N) is 1. The predicted octanol–water partition coefficient (Wildman–Crippen LogP) is 2.11. The quantitative estimate of drug-likeness (QED) is 0.777. The summed E-state index contributed by atoms with van der Waals surface area (Å²) >= 11 is 0. The molecule has 3 N–H and O–H groups in total. The molecular weight excluding hydrogens is 190 g/mol. The smallest absolute Gasteiger partial charge is 0.307 e. The van der Waals surface area contributed by atoms with Gasteiger partial charge in [-0.1, -0.05) is 37.6 Å². The third-order valence-electron chi connectivity index (χ3n) is 2.36. The van der Waals surface area contributed by atoms with E-state index in [1.165, 1.54) is 0 Å². The molecular formula is C12H17NO2. The maximum Gasteiger partial charge on any atom is 0.307 e. The van der Waals surface area contributed by atoms with Crippen LogP contribution in [0.4, 0.5) is 0 Å². The van der Waals surface area contributed by atoms with Crippen LogP contribution >= 0.6 is 0 Å². The van der Waals surface area contributed by atoms with Crippen LogP contribution in [0, 0.1) is 0 Å². The molecule has 0 aliphatic rings. The predicted molar refractivity (Wildman–Crippen MR) is 59.6 cm³/mol. The third kappa shape index (κ3) is 3.72. The van der Waals surface area contributed by atoms with Gasteiger partial charge in [0.1, 0.15) is 0 Å². The number of benzene rings is 1. The van der Waals surface area contributed by atoms with Crippen molar-refractivity contribution >= 4 is 5.97 Å². The van der Waals surface area contributed by atoms with E-state index in [-0.39, 0.29) is 12.5 Å². The molecule has 15 heavy (non-hydrogen) atoms. The SMILES string of the molecule is CCCC(N)c1ccc(CC(=O)O)cc1. The topological polar surface area (TPSA) is 63.3 Å². The van der Waals surface area contributed by atoms with Crippen LogP contribution in [0.5, 0.6) is 0 Å². The lowest BCUT2D eigenvalue weighted by Gasteiger charge is -2.10. The minimum absolute atomic E-state index is 0.0638. The maximum atomic E-state index is 10.5. The Bertz CT molecular complexity index is 319. The molecule has 0 amide bonds. The van der Waals surface area contributed by atoms with E-state index < -0.39 is 5.97 Å². The standard InChI is InChI=1S/C12H17NO2/c1-2-3-11(13)10-6-4-9(5-7-10)8-12(14)15/h4-7,11H,2-3,8,13H2,1H3,(H,14,15). The van der Waals surface area contributed by atoms with Gasteiger partial charge in [-0.05, 0) is 17.5 Å². The van der Waals surface area contributed by atoms with Crippen molar-refractivity contribution in [2.45, 2.75) is 32.2 Å². The summed E-state index contributed by atoms with van der Waals surface area (Å²) in [6.07, 6.45) is 2.08. The number of carboxylic acids is 1. The maximum absolute atomic E-state index is 10.5. The molecule has 1 aromatic rings. The van der Waals surface area contributed by atoms with Crippen LogP contribution in [0.25, 0.3) is 0 Å². The first kappa shape index (κ1) is 11.7. The fraction of sp³-hybridized carbons (Fsp3) is 0.417. The molecule has 0 aliphatic heterocycles. The average molecular weight is 207 g/mol. The summed E-state index contributed by atoms with van der Waals surface area (Å²) in [5, 5.41) is 8.60. The van der Waals surface area contributed by atoms with Crippen molar-refractivity contribution in [3.8, 4) is 0 Å². The Hall–Kier alpha value is -1.35. The average Bonchev–Trinajstić information content (AvgIpc) is 2.18. The Balaban J connectivity index is 2.67. The van der Waals surface area contributed by atoms with Crippen molar-refractivity contribution in [3.05, 3.63) is 35.4 Å². The lowest BCUT2D eigenvalue weighted by molar-refractivity contribution is -0.136. The van der Waals surface area contributed by atoms with E-state index in [0.29, 0.717) is 0 Å². The van der Waals surface area contributed by atoms with Crippen molar-refractivity contribution in [1.82, 2.24) is 0 Å². The molecule has 0 spiro atoms. The van der Waals surface area contributed by atoms with E-state index in [9.17, 15) is 4.79 Å². The molecule has 0 heterocycles. The van der Waals surface area contributed by atoms with Crippen LogP contribution in [-0.4, -0.2) is 11.1 Å². The molecule has 0 aliphatic carbocycles. The Kier molecular flexibility index (Phi) is 4.31. The van der Waals surface area contributed by atoms with Gasteiger partial charge >= 0.3 is 5.97 Å². The van der Waals surface area contributed by atoms with E-state index in [1.54, 1.807) is 0 Å². The summed E-state index contributed by atoms with van der Waals surface area (Å²) in [7, 11) is 0. The number of carbonyl (C=O) groups is 1. The first-order chi connectivity index (χ1) is 7.13. The zero-order valence-corrected chi connectivity index (χ0v) is 8.94. The van der Waals surface area contributed by atoms with Crippen LogP contribution in [0.2, 0.25) is 0 Å². The van der Waals surface area contributed by atoms with E-state index in [2.05, 4.69) is 6.92 Å². The molecule has 0 saturated carbocycles. The molecule has 0 radical (unpaired) electrons. The van der Waals surface area contributed by atoms with Gasteiger partial charge in [-0.15, -0.1) is 0 Å². The van der Waals surface area contributed by atoms with Crippen LogP contribution < -0.4 is 5.73 Å². The van der Waals surface area contributed by atoms with Crippen LogP contribution in [0.15, 0.2) is 24.3 Å². The fourth-order valence-corrected chi connectivity index (χ4v) is 1.53. The molecule has 3 nitrogen and oxygen atoms in total. The van der Waals surface area contributed by atoms with Crippen molar-refractivity contribution in [2.75, 3.05) is 0 Å². The minimum Gasteiger partial charge on any atom is -0.481 e. The lowest BCUT2D eigenvalue weighted by Crippen LogP contribution is -2.09. The van der Waals surface area contributed by atoms with Gasteiger partial charge in [-0.3, -0.25) is 4.79 Å². The largest absolute Gasteiger partial charge is 0.481 e. The van der Waals surface area contributed by atoms with Gasteiger partial charge in [0.05, 0.1) is 6.42 Å². The lowest BCUT2D eigenvalue weighted by atomic mass is 10.0. The normalized spacial score (nSPS) is 12.4. The van der Waals surface area contributed by atoms with Gasteiger partial charge in [0.15, 0.2) is 0 Å². The summed E-state index contributed by atoms with van der Waals surface area (Å²) in [4.78, 5) is 10.5. The second-order valence-electron chi connectivity index (χ2n) is 3.71. The zero-order chi connectivity index (χ0) is 11.3. The summed E-state index contributed by atoms with van der Waals surface area (Å²) in [6, 6.07) is 7.56. The van der Waals surface area contributed by atoms with Gasteiger partial charge in [0, 0.05) is 6.04 Å². The van der Waals surface area contributed by atoms with Gasteiger partial charge in [0.25, 0.3) is 0 Å². The van der Waals surface area contributed by atoms with Crippen molar-refractivity contribution < 1.29 is 9.90 Å². The van der Waals surface area contributed by atoms with Crippen molar-refractivity contribution in [2.24, 2.45) is 5.73 Å². The van der Waals surface area contributed by atoms with E-state index in [0.717, 1.165) is 24.0 Å². The Morgan fingerprint density at radius 2 is 2.00 bits per heavy atom. The molecule has 1 atom stereocenters. The third-order valence-corrected chi connectivity index (χ3v) is 2.36. The zero-order valence-electron chi connectivity index (χ0n) is 8.94. The number of aliphatic carboxylic acids is 1. The van der Waals surface area contributed by atoms with Crippen molar-refractivity contribution in [1.29, 1.82) is 0 Å². The monoisotopic (exact) mass is 207 g/mol. The molecule has 0 fully saturated rings. The second-order valence-corrected chi connectivity index (χ2v) is 3.71. The second kappa shape index (κ2) is 5.51. The molecule has 0 aromatic heterocycles. The number of rotatable bonds is 5. The first-order valence-corrected chi connectivity index (χ1v) is 5.19. The van der Waals surface area contributed by atoms with E-state index >= 15 is 0 Å². The molecule has 0 saturated heterocycles. The number of hydrogen-bond acceptors (Lipinski definition) is 2. The highest BCUT2D eigenvalue weighted by Gasteiger charge is 2.05. The van der Waals surface area contributed by atoms with E-state index in [1.807, 2.05) is 24.3 Å². The highest BCUT2D eigenvalue weighted by atomic mass is 16.4. The molecule has 1 rings (SSSR count). The fourth-order valence-electron chi connectivity index (χ4n) is 1.53. The minimum atomic E-state index is -0.805. The molecule has 1 unspecified atom stereocenters. The van der Waals surface area contributed by atoms with Crippen LogP contribution in [0.1, 0.15) is 36.9 Å². The van der Waals surface area contributed by atoms with Gasteiger partial charge in [-0.25, -0.2) is 0 Å². The molecule has 1 aromatic carbocycles. The molecule has 82 valence electrons. The summed E-state index contributed by atoms with van der Waals surface area (Å²) in [5.74, 6) is -0.805. The first-order valence-electron chi connectivity index (χ1n) is 5.19. The van der Waals surface area contributed by atoms with Gasteiger partial charge < -0.3 is 10.8 Å². The Morgan fingerprint density at radius 1 is 1.40 bits per heavy atom. The van der Waals surface area contributed by atoms with Crippen molar-refractivity contribution in [3.63, 3.8) is 0 Å². The molecule has 0 bridgehead atoms. The highest BCUT2D eigenvalue weighted by Crippen LogP contribution is 2.16. The molecule has 3 heteroatoms. The highest BCUT2D eigenvalue weighted by molar-refractivity contribution is 5.70. The number of hydrogen-bond donors (Lipinski definition) is 2. The van der Waals surface area contributed by atoms with Gasteiger partial charge in [0.2, 0.25) is 0 Å². The summed E-state index contributed by atoms with van der Waals surface area (Å²) < 4.78 is 0. The van der Waals surface area contributed by atoms with Crippen LogP contribution in [0.3, 0.4) is 0 Å². The summed E-state index contributed by atoms with van der Waals surface area (Å²) in [6.45, 7) is 2.10. The van der Waals surface area contributed by atoms with Gasteiger partial charge in [-0.2, -0.15) is 0 Å². The Labute approximate surface area is 89.9 Å². The summed E-state index contributed by atoms with van der Waals surface area (Å²) in [5.41, 5.74) is 7.83. The van der Waals surface area contributed by atoms with E-state index in [4.69, 9.17) is 10.8 Å². The Morgan fingerprint density at radius 3 is 2.47 bits per heavy atom. The van der Waals surface area contributed by atoms with Crippen LogP contribution in [-0.2, 0) is 11.2 Å². The number of carboxylic acid groups (broad SMARTS) is 1.